The predicted octanol–water partition coefficient (Wildman–Crippen LogP) is 2.14. The SMILES string of the molecule is O=C(COC(=O)CNC(=O)C1CCCCC1)Nc1c(F)cccc1F. The standard InChI is InChI=1S/C17H20F2N2O4/c18-12-7-4-8-13(19)16(12)21-14(22)10-25-15(23)9-20-17(24)11-5-2-1-3-6-11/h4,7-8,11H,1-3,5-6,9-10H2,(H,20,24)(H,21,22). The van der Waals surface area contributed by atoms with E-state index in [-0.39, 0.29) is 18.4 Å². The Bertz CT molecular complexity index is 625. The minimum Gasteiger partial charge on any atom is -0.454 e. The largest absolute Gasteiger partial charge is 0.454 e. The molecule has 0 aliphatic heterocycles. The van der Waals surface area contributed by atoms with Gasteiger partial charge in [-0.1, -0.05) is 25.3 Å². The average molecular weight is 354 g/mol. The number of carbonyl (C=O) groups excluding carboxylic acids is 3. The van der Waals surface area contributed by atoms with Crippen molar-refractivity contribution in [2.24, 2.45) is 5.92 Å². The minimum absolute atomic E-state index is 0.0890. The van der Waals surface area contributed by atoms with Crippen molar-refractivity contribution in [3.05, 3.63) is 29.8 Å². The van der Waals surface area contributed by atoms with Gasteiger partial charge in [0.15, 0.2) is 6.61 Å². The second-order valence-electron chi connectivity index (χ2n) is 5.86. The van der Waals surface area contributed by atoms with Gasteiger partial charge in [-0.05, 0) is 25.0 Å². The Morgan fingerprint density at radius 3 is 2.36 bits per heavy atom. The summed E-state index contributed by atoms with van der Waals surface area (Å²) in [4.78, 5) is 35.0. The summed E-state index contributed by atoms with van der Waals surface area (Å²) < 4.78 is 31.5. The summed E-state index contributed by atoms with van der Waals surface area (Å²) in [6.07, 6.45) is 4.71. The number of rotatable bonds is 6. The lowest BCUT2D eigenvalue weighted by molar-refractivity contribution is -0.147. The van der Waals surface area contributed by atoms with E-state index in [1.807, 2.05) is 5.32 Å². The van der Waals surface area contributed by atoms with E-state index >= 15 is 0 Å². The molecule has 0 unspecified atom stereocenters. The zero-order valence-electron chi connectivity index (χ0n) is 13.6. The molecule has 0 spiro atoms. The highest BCUT2D eigenvalue weighted by Gasteiger charge is 2.21. The first-order chi connectivity index (χ1) is 12.0. The summed E-state index contributed by atoms with van der Waals surface area (Å²) in [6.45, 7) is -1.05. The van der Waals surface area contributed by atoms with Crippen LogP contribution in [0.2, 0.25) is 0 Å². The Kier molecular flexibility index (Phi) is 6.85. The molecule has 1 aromatic rings. The molecule has 0 atom stereocenters. The van der Waals surface area contributed by atoms with Crippen molar-refractivity contribution in [3.8, 4) is 0 Å². The molecule has 1 aliphatic rings. The smallest absolute Gasteiger partial charge is 0.325 e. The van der Waals surface area contributed by atoms with Crippen LogP contribution in [0.4, 0.5) is 14.5 Å². The van der Waals surface area contributed by atoms with E-state index in [0.717, 1.165) is 50.3 Å². The fourth-order valence-electron chi connectivity index (χ4n) is 2.66. The molecule has 0 bridgehead atoms. The number of carbonyl (C=O) groups is 3. The van der Waals surface area contributed by atoms with Crippen molar-refractivity contribution < 1.29 is 27.9 Å². The molecule has 2 N–H and O–H groups in total. The maximum absolute atomic E-state index is 13.4. The summed E-state index contributed by atoms with van der Waals surface area (Å²) >= 11 is 0. The van der Waals surface area contributed by atoms with Gasteiger partial charge in [0, 0.05) is 5.92 Å². The normalized spacial score (nSPS) is 14.6. The third-order valence-corrected chi connectivity index (χ3v) is 3.97. The number of ether oxygens (including phenoxy) is 1. The van der Waals surface area contributed by atoms with E-state index in [2.05, 4.69) is 10.1 Å². The van der Waals surface area contributed by atoms with Crippen LogP contribution in [-0.2, 0) is 19.1 Å². The molecule has 8 heteroatoms. The monoisotopic (exact) mass is 354 g/mol. The molecular formula is C17H20F2N2O4. The number of hydrogen-bond donors (Lipinski definition) is 2. The Hall–Kier alpha value is -2.51. The molecule has 0 saturated heterocycles. The van der Waals surface area contributed by atoms with Crippen LogP contribution in [0.5, 0.6) is 0 Å². The van der Waals surface area contributed by atoms with Crippen molar-refractivity contribution in [1.82, 2.24) is 5.32 Å². The first-order valence-electron chi connectivity index (χ1n) is 8.14. The third kappa shape index (κ3) is 5.81. The molecule has 1 aromatic carbocycles. The third-order valence-electron chi connectivity index (χ3n) is 3.97. The molecule has 0 aromatic heterocycles. The Balaban J connectivity index is 1.70. The average Bonchev–Trinajstić information content (AvgIpc) is 2.62. The lowest BCUT2D eigenvalue weighted by Crippen LogP contribution is -2.36. The van der Waals surface area contributed by atoms with E-state index in [1.165, 1.54) is 0 Å². The van der Waals surface area contributed by atoms with Gasteiger partial charge in [-0.15, -0.1) is 0 Å². The van der Waals surface area contributed by atoms with Crippen LogP contribution in [0.1, 0.15) is 32.1 Å². The van der Waals surface area contributed by atoms with Gasteiger partial charge in [-0.3, -0.25) is 14.4 Å². The van der Waals surface area contributed by atoms with Gasteiger partial charge in [0.1, 0.15) is 23.9 Å². The first kappa shape index (κ1) is 18.8. The first-order valence-corrected chi connectivity index (χ1v) is 8.14. The van der Waals surface area contributed by atoms with E-state index in [9.17, 15) is 23.2 Å². The summed E-state index contributed by atoms with van der Waals surface area (Å²) in [5.41, 5.74) is -0.603. The molecule has 1 saturated carbocycles. The molecule has 6 nitrogen and oxygen atoms in total. The number of anilines is 1. The Morgan fingerprint density at radius 2 is 1.72 bits per heavy atom. The van der Waals surface area contributed by atoms with Crippen LogP contribution in [0.15, 0.2) is 18.2 Å². The van der Waals surface area contributed by atoms with Crippen LogP contribution in [0.3, 0.4) is 0 Å². The van der Waals surface area contributed by atoms with Crippen LogP contribution in [0, 0.1) is 17.6 Å². The van der Waals surface area contributed by atoms with Crippen LogP contribution >= 0.6 is 0 Å². The number of benzene rings is 1. The van der Waals surface area contributed by atoms with E-state index < -0.39 is 35.8 Å². The van der Waals surface area contributed by atoms with Crippen molar-refractivity contribution >= 4 is 23.5 Å². The molecule has 25 heavy (non-hydrogen) atoms. The van der Waals surface area contributed by atoms with Crippen LogP contribution in [-0.4, -0.2) is 30.9 Å². The molecule has 0 radical (unpaired) electrons. The highest BCUT2D eigenvalue weighted by Crippen LogP contribution is 2.23. The quantitative estimate of drug-likeness (QED) is 0.767. The van der Waals surface area contributed by atoms with Gasteiger partial charge in [-0.25, -0.2) is 8.78 Å². The van der Waals surface area contributed by atoms with Crippen LogP contribution < -0.4 is 10.6 Å². The van der Waals surface area contributed by atoms with E-state index in [4.69, 9.17) is 0 Å². The second kappa shape index (κ2) is 9.10. The second-order valence-corrected chi connectivity index (χ2v) is 5.86. The molecular weight excluding hydrogens is 334 g/mol. The fraction of sp³-hybridized carbons (Fsp3) is 0.471. The summed E-state index contributed by atoms with van der Waals surface area (Å²) in [5, 5.41) is 4.48. The number of halogens is 2. The van der Waals surface area contributed by atoms with Crippen LogP contribution in [0.25, 0.3) is 0 Å². The van der Waals surface area contributed by atoms with Gasteiger partial charge in [0.2, 0.25) is 5.91 Å². The van der Waals surface area contributed by atoms with Gasteiger partial charge in [-0.2, -0.15) is 0 Å². The highest BCUT2D eigenvalue weighted by atomic mass is 19.1. The molecule has 1 fully saturated rings. The van der Waals surface area contributed by atoms with Crippen molar-refractivity contribution in [1.29, 1.82) is 0 Å². The minimum atomic E-state index is -0.931. The number of esters is 1. The van der Waals surface area contributed by atoms with E-state index in [0.29, 0.717) is 0 Å². The summed E-state index contributed by atoms with van der Waals surface area (Å²) in [6, 6.07) is 3.15. The maximum atomic E-state index is 13.4. The summed E-state index contributed by atoms with van der Waals surface area (Å²) in [7, 11) is 0. The number of nitrogens with one attached hydrogen (secondary N) is 2. The summed E-state index contributed by atoms with van der Waals surface area (Å²) in [5.74, 6) is -3.83. The van der Waals surface area contributed by atoms with Crippen molar-refractivity contribution in [2.45, 2.75) is 32.1 Å². The number of para-hydroxylation sites is 1. The molecule has 0 heterocycles. The molecule has 136 valence electrons. The topological polar surface area (TPSA) is 84.5 Å². The maximum Gasteiger partial charge on any atom is 0.325 e. The van der Waals surface area contributed by atoms with Crippen molar-refractivity contribution in [2.75, 3.05) is 18.5 Å². The van der Waals surface area contributed by atoms with Crippen molar-refractivity contribution in [3.63, 3.8) is 0 Å². The lowest BCUT2D eigenvalue weighted by Gasteiger charge is -2.20. The van der Waals surface area contributed by atoms with Gasteiger partial charge >= 0.3 is 5.97 Å². The molecule has 2 rings (SSSR count). The fourth-order valence-corrected chi connectivity index (χ4v) is 2.66. The zero-order chi connectivity index (χ0) is 18.2. The molecule has 2 amide bonds. The Morgan fingerprint density at radius 1 is 1.08 bits per heavy atom. The number of amides is 2. The highest BCUT2D eigenvalue weighted by molar-refractivity contribution is 5.93. The predicted molar refractivity (Wildman–Crippen MR) is 85.5 cm³/mol. The molecule has 1 aliphatic carbocycles. The lowest BCUT2D eigenvalue weighted by atomic mass is 9.89. The van der Waals surface area contributed by atoms with Gasteiger partial charge in [0.25, 0.3) is 5.91 Å². The Labute approximate surface area is 143 Å². The zero-order valence-corrected chi connectivity index (χ0v) is 13.6. The van der Waals surface area contributed by atoms with Gasteiger partial charge < -0.3 is 15.4 Å². The number of hydrogen-bond acceptors (Lipinski definition) is 4. The van der Waals surface area contributed by atoms with Gasteiger partial charge in [0.05, 0.1) is 0 Å². The van der Waals surface area contributed by atoms with E-state index in [1.54, 1.807) is 0 Å².